The van der Waals surface area contributed by atoms with Gasteiger partial charge in [0.05, 0.1) is 6.54 Å². The van der Waals surface area contributed by atoms with E-state index in [0.29, 0.717) is 23.1 Å². The van der Waals surface area contributed by atoms with Crippen LogP contribution in [0.25, 0.3) is 0 Å². The van der Waals surface area contributed by atoms with E-state index in [2.05, 4.69) is 10.4 Å². The molecule has 0 aliphatic heterocycles. The maximum absolute atomic E-state index is 12.0. The third-order valence-corrected chi connectivity index (χ3v) is 3.86. The predicted octanol–water partition coefficient (Wildman–Crippen LogP) is 3.91. The molecule has 6 heteroatoms. The van der Waals surface area contributed by atoms with Crippen LogP contribution in [-0.2, 0) is 11.3 Å². The van der Waals surface area contributed by atoms with E-state index in [4.69, 9.17) is 16.3 Å². The van der Waals surface area contributed by atoms with Crippen molar-refractivity contribution in [1.82, 2.24) is 9.78 Å². The van der Waals surface area contributed by atoms with Gasteiger partial charge in [-0.05, 0) is 36.8 Å². The number of nitrogens with zero attached hydrogens (tertiary/aromatic N) is 2. The summed E-state index contributed by atoms with van der Waals surface area (Å²) in [5, 5.41) is 7.79. The van der Waals surface area contributed by atoms with E-state index in [0.717, 1.165) is 11.3 Å². The fourth-order valence-corrected chi connectivity index (χ4v) is 2.47. The Balaban J connectivity index is 1.56. The first-order chi connectivity index (χ1) is 12.1. The molecule has 0 spiro atoms. The summed E-state index contributed by atoms with van der Waals surface area (Å²) in [5.41, 5.74) is 2.12. The Morgan fingerprint density at radius 1 is 1.16 bits per heavy atom. The van der Waals surface area contributed by atoms with Gasteiger partial charge < -0.3 is 10.1 Å². The lowest BCUT2D eigenvalue weighted by molar-refractivity contribution is -0.118. The Morgan fingerprint density at radius 3 is 2.60 bits per heavy atom. The zero-order valence-corrected chi connectivity index (χ0v) is 14.5. The van der Waals surface area contributed by atoms with Crippen molar-refractivity contribution in [3.05, 3.63) is 76.9 Å². The maximum atomic E-state index is 12.0. The highest BCUT2D eigenvalue weighted by atomic mass is 35.5. The van der Waals surface area contributed by atoms with Crippen molar-refractivity contribution >= 4 is 23.3 Å². The summed E-state index contributed by atoms with van der Waals surface area (Å²) < 4.78 is 7.27. The van der Waals surface area contributed by atoms with Crippen LogP contribution < -0.4 is 10.1 Å². The fraction of sp³-hybridized carbons (Fsp3) is 0.158. The molecule has 0 bridgehead atoms. The van der Waals surface area contributed by atoms with Gasteiger partial charge in [0.15, 0.2) is 12.4 Å². The van der Waals surface area contributed by atoms with Gasteiger partial charge in [-0.2, -0.15) is 5.10 Å². The third kappa shape index (κ3) is 4.84. The summed E-state index contributed by atoms with van der Waals surface area (Å²) in [5.74, 6) is 0.836. The van der Waals surface area contributed by atoms with E-state index in [-0.39, 0.29) is 12.5 Å². The van der Waals surface area contributed by atoms with E-state index in [1.54, 1.807) is 24.3 Å². The molecule has 0 saturated heterocycles. The molecule has 1 heterocycles. The molecule has 0 atom stereocenters. The maximum Gasteiger partial charge on any atom is 0.263 e. The van der Waals surface area contributed by atoms with E-state index in [1.165, 1.54) is 0 Å². The van der Waals surface area contributed by atoms with Crippen LogP contribution in [0.1, 0.15) is 11.3 Å². The molecule has 0 unspecified atom stereocenters. The molecule has 0 fully saturated rings. The van der Waals surface area contributed by atoms with Crippen LogP contribution in [0.2, 0.25) is 5.02 Å². The topological polar surface area (TPSA) is 56.1 Å². The van der Waals surface area contributed by atoms with E-state index < -0.39 is 0 Å². The fourth-order valence-electron chi connectivity index (χ4n) is 2.35. The summed E-state index contributed by atoms with van der Waals surface area (Å²) >= 11 is 5.81. The molecule has 1 amide bonds. The number of benzene rings is 2. The highest BCUT2D eigenvalue weighted by molar-refractivity contribution is 6.30. The Bertz CT molecular complexity index is 845. The zero-order chi connectivity index (χ0) is 17.6. The van der Waals surface area contributed by atoms with Gasteiger partial charge >= 0.3 is 0 Å². The number of aryl methyl sites for hydroxylation is 1. The second kappa shape index (κ2) is 7.85. The molecule has 3 rings (SSSR count). The molecule has 0 radical (unpaired) electrons. The normalized spacial score (nSPS) is 10.5. The van der Waals surface area contributed by atoms with E-state index >= 15 is 0 Å². The van der Waals surface area contributed by atoms with Crippen molar-refractivity contribution in [3.8, 4) is 5.75 Å². The standard InChI is InChI=1S/C19H18ClN3O2/c1-14-11-18(22-23(14)12-15-5-3-2-4-6-15)21-19(24)13-25-17-9-7-16(20)8-10-17/h2-11H,12-13H2,1H3,(H,21,22,24). The molecule has 25 heavy (non-hydrogen) atoms. The molecule has 0 saturated carbocycles. The zero-order valence-electron chi connectivity index (χ0n) is 13.8. The minimum Gasteiger partial charge on any atom is -0.484 e. The van der Waals surface area contributed by atoms with Gasteiger partial charge in [0.25, 0.3) is 5.91 Å². The van der Waals surface area contributed by atoms with Crippen molar-refractivity contribution < 1.29 is 9.53 Å². The lowest BCUT2D eigenvalue weighted by Gasteiger charge is -2.06. The minimum absolute atomic E-state index is 0.0910. The van der Waals surface area contributed by atoms with Crippen LogP contribution in [-0.4, -0.2) is 22.3 Å². The van der Waals surface area contributed by atoms with Crippen molar-refractivity contribution in [2.75, 3.05) is 11.9 Å². The van der Waals surface area contributed by atoms with Crippen LogP contribution in [0.3, 0.4) is 0 Å². The number of aromatic nitrogens is 2. The molecule has 3 aromatic rings. The highest BCUT2D eigenvalue weighted by Gasteiger charge is 2.09. The lowest BCUT2D eigenvalue weighted by atomic mass is 10.2. The molecule has 0 aliphatic carbocycles. The largest absolute Gasteiger partial charge is 0.484 e. The van der Waals surface area contributed by atoms with Gasteiger partial charge in [0.2, 0.25) is 0 Å². The van der Waals surface area contributed by atoms with Crippen molar-refractivity contribution in [2.24, 2.45) is 0 Å². The number of carbonyl (C=O) groups is 1. The Labute approximate surface area is 151 Å². The van der Waals surface area contributed by atoms with Crippen molar-refractivity contribution in [1.29, 1.82) is 0 Å². The van der Waals surface area contributed by atoms with Gasteiger partial charge in [-0.3, -0.25) is 9.48 Å². The molecule has 0 aliphatic rings. The summed E-state index contributed by atoms with van der Waals surface area (Å²) in [6.07, 6.45) is 0. The summed E-state index contributed by atoms with van der Waals surface area (Å²) in [7, 11) is 0. The molecular formula is C19H18ClN3O2. The molecule has 5 nitrogen and oxygen atoms in total. The molecular weight excluding hydrogens is 338 g/mol. The Kier molecular flexibility index (Phi) is 5.36. The first-order valence-corrected chi connectivity index (χ1v) is 8.24. The van der Waals surface area contributed by atoms with Crippen molar-refractivity contribution in [3.63, 3.8) is 0 Å². The minimum atomic E-state index is -0.265. The summed E-state index contributed by atoms with van der Waals surface area (Å²) in [6.45, 7) is 2.52. The molecule has 1 N–H and O–H groups in total. The number of halogens is 1. The number of carbonyl (C=O) groups excluding carboxylic acids is 1. The number of anilines is 1. The van der Waals surface area contributed by atoms with Gasteiger partial charge in [-0.15, -0.1) is 0 Å². The van der Waals surface area contributed by atoms with E-state index in [9.17, 15) is 4.79 Å². The first kappa shape index (κ1) is 17.0. The first-order valence-electron chi connectivity index (χ1n) is 7.87. The van der Waals surface area contributed by atoms with Crippen LogP contribution in [0.15, 0.2) is 60.7 Å². The number of rotatable bonds is 6. The SMILES string of the molecule is Cc1cc(NC(=O)COc2ccc(Cl)cc2)nn1Cc1ccccc1. The average molecular weight is 356 g/mol. The molecule has 1 aromatic heterocycles. The molecule has 2 aromatic carbocycles. The number of hydrogen-bond acceptors (Lipinski definition) is 3. The third-order valence-electron chi connectivity index (χ3n) is 3.61. The lowest BCUT2D eigenvalue weighted by Crippen LogP contribution is -2.20. The van der Waals surface area contributed by atoms with Crippen LogP contribution in [0, 0.1) is 6.92 Å². The predicted molar refractivity (Wildman–Crippen MR) is 98.1 cm³/mol. The number of ether oxygens (including phenoxy) is 1. The average Bonchev–Trinajstić information content (AvgIpc) is 2.94. The van der Waals surface area contributed by atoms with Gasteiger partial charge in [-0.1, -0.05) is 41.9 Å². The van der Waals surface area contributed by atoms with Gasteiger partial charge in [0.1, 0.15) is 5.75 Å². The second-order valence-electron chi connectivity index (χ2n) is 5.60. The smallest absolute Gasteiger partial charge is 0.263 e. The quantitative estimate of drug-likeness (QED) is 0.729. The van der Waals surface area contributed by atoms with Crippen LogP contribution >= 0.6 is 11.6 Å². The Morgan fingerprint density at radius 2 is 1.88 bits per heavy atom. The highest BCUT2D eigenvalue weighted by Crippen LogP contribution is 2.16. The Hall–Kier alpha value is -2.79. The second-order valence-corrected chi connectivity index (χ2v) is 6.04. The number of hydrogen-bond donors (Lipinski definition) is 1. The number of nitrogens with one attached hydrogen (secondary N) is 1. The monoisotopic (exact) mass is 355 g/mol. The number of amides is 1. The van der Waals surface area contributed by atoms with Crippen molar-refractivity contribution in [2.45, 2.75) is 13.5 Å². The van der Waals surface area contributed by atoms with Gasteiger partial charge in [-0.25, -0.2) is 0 Å². The summed E-state index contributed by atoms with van der Waals surface area (Å²) in [4.78, 5) is 12.0. The molecule has 128 valence electrons. The van der Waals surface area contributed by atoms with E-state index in [1.807, 2.05) is 48.0 Å². The van der Waals surface area contributed by atoms with Crippen LogP contribution in [0.4, 0.5) is 5.82 Å². The summed E-state index contributed by atoms with van der Waals surface area (Å²) in [6, 6.07) is 18.7. The van der Waals surface area contributed by atoms with Gasteiger partial charge in [0, 0.05) is 16.8 Å². The van der Waals surface area contributed by atoms with Crippen LogP contribution in [0.5, 0.6) is 5.75 Å².